The van der Waals surface area contributed by atoms with Crippen LogP contribution in [0.1, 0.15) is 31.2 Å². The molecule has 2 aromatic rings. The molecule has 142 valence electrons. The first-order valence-electron chi connectivity index (χ1n) is 9.45. The van der Waals surface area contributed by atoms with Crippen LogP contribution in [0.25, 0.3) is 0 Å². The molecule has 0 spiro atoms. The van der Waals surface area contributed by atoms with E-state index in [9.17, 15) is 4.79 Å². The van der Waals surface area contributed by atoms with Crippen molar-refractivity contribution in [3.8, 4) is 0 Å². The summed E-state index contributed by atoms with van der Waals surface area (Å²) in [7, 11) is 0. The summed E-state index contributed by atoms with van der Waals surface area (Å²) in [5, 5.41) is 6.51. The highest BCUT2D eigenvalue weighted by Crippen LogP contribution is 2.31. The minimum absolute atomic E-state index is 0.0780. The quantitative estimate of drug-likeness (QED) is 0.724. The van der Waals surface area contributed by atoms with Crippen molar-refractivity contribution in [3.05, 3.63) is 42.2 Å². The van der Waals surface area contributed by atoms with Gasteiger partial charge in [-0.05, 0) is 24.8 Å². The summed E-state index contributed by atoms with van der Waals surface area (Å²) in [6.07, 6.45) is 4.76. The molecule has 1 aromatic heterocycles. The van der Waals surface area contributed by atoms with Gasteiger partial charge >= 0.3 is 0 Å². The van der Waals surface area contributed by atoms with E-state index in [-0.39, 0.29) is 11.9 Å². The number of rotatable bonds is 5. The molecule has 4 N–H and O–H groups in total. The van der Waals surface area contributed by atoms with Crippen molar-refractivity contribution in [1.82, 2.24) is 20.3 Å². The number of carbonyl (C=O) groups is 1. The molecule has 0 aliphatic carbocycles. The van der Waals surface area contributed by atoms with Gasteiger partial charge in [0.1, 0.15) is 6.33 Å². The first-order chi connectivity index (χ1) is 13.1. The lowest BCUT2D eigenvalue weighted by atomic mass is 9.82. The van der Waals surface area contributed by atoms with E-state index < -0.39 is 5.54 Å². The molecule has 2 atom stereocenters. The van der Waals surface area contributed by atoms with Crippen molar-refractivity contribution >= 4 is 17.8 Å². The zero-order valence-corrected chi connectivity index (χ0v) is 15.3. The van der Waals surface area contributed by atoms with E-state index >= 15 is 0 Å². The van der Waals surface area contributed by atoms with Crippen molar-refractivity contribution in [3.63, 3.8) is 0 Å². The van der Waals surface area contributed by atoms with Crippen LogP contribution in [0.15, 0.2) is 36.7 Å². The number of nitrogens with zero attached hydrogens (tertiary/aromatic N) is 4. The number of carbonyl (C=O) groups excluding carboxylic acids is 1. The Hall–Kier alpha value is -2.74. The molecule has 2 aliphatic rings. The SMILES string of the molecule is NC1CCN(c2ncnc(NCC3(c4ccccc4)CCCC(=O)N3)n2)C1. The van der Waals surface area contributed by atoms with Crippen LogP contribution in [0, 0.1) is 0 Å². The maximum absolute atomic E-state index is 12.1. The fraction of sp³-hybridized carbons (Fsp3) is 0.474. The van der Waals surface area contributed by atoms with Gasteiger partial charge in [-0.25, -0.2) is 9.97 Å². The molecule has 4 rings (SSSR count). The minimum Gasteiger partial charge on any atom is -0.351 e. The molecule has 0 radical (unpaired) electrons. The highest BCUT2D eigenvalue weighted by Gasteiger charge is 2.36. The zero-order valence-electron chi connectivity index (χ0n) is 15.3. The third-order valence-electron chi connectivity index (χ3n) is 5.33. The Balaban J connectivity index is 1.52. The topological polar surface area (TPSA) is 109 Å². The van der Waals surface area contributed by atoms with Crippen molar-refractivity contribution in [2.45, 2.75) is 37.3 Å². The molecule has 2 fully saturated rings. The number of nitrogens with two attached hydrogens (primary N) is 1. The summed E-state index contributed by atoms with van der Waals surface area (Å²) in [5.41, 5.74) is 6.61. The third kappa shape index (κ3) is 3.85. The molecular weight excluding hydrogens is 342 g/mol. The number of hydrogen-bond donors (Lipinski definition) is 3. The highest BCUT2D eigenvalue weighted by molar-refractivity contribution is 5.78. The van der Waals surface area contributed by atoms with E-state index in [4.69, 9.17) is 5.73 Å². The monoisotopic (exact) mass is 367 g/mol. The van der Waals surface area contributed by atoms with E-state index in [0.29, 0.717) is 24.9 Å². The van der Waals surface area contributed by atoms with E-state index in [0.717, 1.165) is 37.9 Å². The molecule has 27 heavy (non-hydrogen) atoms. The van der Waals surface area contributed by atoms with Crippen LogP contribution in [0.2, 0.25) is 0 Å². The summed E-state index contributed by atoms with van der Waals surface area (Å²) in [4.78, 5) is 27.3. The number of piperidine rings is 1. The molecule has 0 bridgehead atoms. The Kier molecular flexibility index (Phi) is 4.89. The predicted octanol–water partition coefficient (Wildman–Crippen LogP) is 1.02. The lowest BCUT2D eigenvalue weighted by molar-refractivity contribution is -0.125. The summed E-state index contributed by atoms with van der Waals surface area (Å²) in [5.74, 6) is 1.23. The van der Waals surface area contributed by atoms with E-state index in [2.05, 4.69) is 42.6 Å². The van der Waals surface area contributed by atoms with E-state index in [1.165, 1.54) is 6.33 Å². The smallest absolute Gasteiger partial charge is 0.230 e. The lowest BCUT2D eigenvalue weighted by Gasteiger charge is -2.38. The largest absolute Gasteiger partial charge is 0.351 e. The first kappa shape index (κ1) is 17.7. The summed E-state index contributed by atoms with van der Waals surface area (Å²) in [6.45, 7) is 2.13. The molecule has 1 aromatic carbocycles. The van der Waals surface area contributed by atoms with Gasteiger partial charge in [0.05, 0.1) is 5.54 Å². The Labute approximate surface area is 158 Å². The lowest BCUT2D eigenvalue weighted by Crippen LogP contribution is -2.53. The summed E-state index contributed by atoms with van der Waals surface area (Å²) >= 11 is 0. The Bertz CT molecular complexity index is 800. The van der Waals surface area contributed by atoms with Crippen LogP contribution in [0.4, 0.5) is 11.9 Å². The average molecular weight is 367 g/mol. The fourth-order valence-corrected chi connectivity index (χ4v) is 3.88. The Morgan fingerprint density at radius 1 is 1.30 bits per heavy atom. The van der Waals surface area contributed by atoms with Gasteiger partial charge in [-0.1, -0.05) is 30.3 Å². The number of nitrogens with one attached hydrogen (secondary N) is 2. The summed E-state index contributed by atoms with van der Waals surface area (Å²) in [6, 6.07) is 10.2. The van der Waals surface area contributed by atoms with Gasteiger partial charge in [-0.15, -0.1) is 0 Å². The molecule has 8 heteroatoms. The maximum Gasteiger partial charge on any atom is 0.230 e. The predicted molar refractivity (Wildman–Crippen MR) is 103 cm³/mol. The third-order valence-corrected chi connectivity index (χ3v) is 5.33. The maximum atomic E-state index is 12.1. The van der Waals surface area contributed by atoms with Crippen LogP contribution >= 0.6 is 0 Å². The van der Waals surface area contributed by atoms with Crippen LogP contribution in [-0.4, -0.2) is 46.5 Å². The number of benzene rings is 1. The molecule has 0 saturated carbocycles. The number of aromatic nitrogens is 3. The van der Waals surface area contributed by atoms with Gasteiger partial charge in [0.2, 0.25) is 17.8 Å². The molecule has 1 amide bonds. The zero-order chi connectivity index (χ0) is 18.7. The minimum atomic E-state index is -0.459. The van der Waals surface area contributed by atoms with Gasteiger partial charge in [0, 0.05) is 32.1 Å². The summed E-state index contributed by atoms with van der Waals surface area (Å²) < 4.78 is 0. The molecule has 2 aliphatic heterocycles. The standard InChI is InChI=1S/C19H25N7O/c20-15-8-10-26(11-15)18-23-13-22-17(24-18)21-12-19(9-4-7-16(27)25-19)14-5-2-1-3-6-14/h1-3,5-6,13,15H,4,7-12,20H2,(H,25,27)(H,21,22,23,24). The number of hydrogen-bond acceptors (Lipinski definition) is 7. The van der Waals surface area contributed by atoms with Crippen molar-refractivity contribution < 1.29 is 4.79 Å². The second-order valence-corrected chi connectivity index (χ2v) is 7.31. The van der Waals surface area contributed by atoms with Gasteiger partial charge in [-0.2, -0.15) is 4.98 Å². The molecule has 8 nitrogen and oxygen atoms in total. The van der Waals surface area contributed by atoms with E-state index in [1.54, 1.807) is 0 Å². The Morgan fingerprint density at radius 2 is 2.15 bits per heavy atom. The second-order valence-electron chi connectivity index (χ2n) is 7.31. The van der Waals surface area contributed by atoms with Crippen LogP contribution in [-0.2, 0) is 10.3 Å². The Morgan fingerprint density at radius 3 is 2.89 bits per heavy atom. The molecule has 3 heterocycles. The van der Waals surface area contributed by atoms with Crippen LogP contribution in [0.5, 0.6) is 0 Å². The normalized spacial score (nSPS) is 25.3. The first-order valence-corrected chi connectivity index (χ1v) is 9.45. The molecule has 2 unspecified atom stereocenters. The van der Waals surface area contributed by atoms with Crippen molar-refractivity contribution in [1.29, 1.82) is 0 Å². The van der Waals surface area contributed by atoms with Crippen molar-refractivity contribution in [2.24, 2.45) is 5.73 Å². The van der Waals surface area contributed by atoms with E-state index in [1.807, 2.05) is 18.2 Å². The highest BCUT2D eigenvalue weighted by atomic mass is 16.1. The van der Waals surface area contributed by atoms with Gasteiger partial charge in [-0.3, -0.25) is 4.79 Å². The van der Waals surface area contributed by atoms with Crippen LogP contribution < -0.4 is 21.3 Å². The fourth-order valence-electron chi connectivity index (χ4n) is 3.88. The average Bonchev–Trinajstić information content (AvgIpc) is 3.14. The van der Waals surface area contributed by atoms with Crippen molar-refractivity contribution in [2.75, 3.05) is 29.9 Å². The number of anilines is 2. The van der Waals surface area contributed by atoms with Gasteiger partial charge in [0.25, 0.3) is 0 Å². The van der Waals surface area contributed by atoms with Crippen LogP contribution in [0.3, 0.4) is 0 Å². The number of amides is 1. The molecular formula is C19H25N7O. The second kappa shape index (κ2) is 7.48. The van der Waals surface area contributed by atoms with Gasteiger partial charge < -0.3 is 21.3 Å². The van der Waals surface area contributed by atoms with Gasteiger partial charge in [0.15, 0.2) is 0 Å². The molecule has 2 saturated heterocycles.